The molecule has 0 bridgehead atoms. The van der Waals surface area contributed by atoms with Gasteiger partial charge in [0.25, 0.3) is 5.24 Å². The molecule has 0 aromatic heterocycles. The maximum absolute atomic E-state index is 11.7. The van der Waals surface area contributed by atoms with Crippen LogP contribution in [0.3, 0.4) is 0 Å². The average molecular weight is 266 g/mol. The van der Waals surface area contributed by atoms with Crippen LogP contribution in [0.5, 0.6) is 5.75 Å². The number of phenols is 1. The van der Waals surface area contributed by atoms with Gasteiger partial charge in [0.15, 0.2) is 0 Å². The summed E-state index contributed by atoms with van der Waals surface area (Å²) in [5.74, 6) is 0.625. The number of para-hydroxylation sites is 2. The number of carbonyl (C=O) groups excluding carboxylic acids is 2. The van der Waals surface area contributed by atoms with Gasteiger partial charge in [0.1, 0.15) is 5.75 Å². The lowest BCUT2D eigenvalue weighted by molar-refractivity contribution is -0.116. The Morgan fingerprint density at radius 2 is 2.22 bits per heavy atom. The van der Waals surface area contributed by atoms with E-state index in [1.54, 1.807) is 23.1 Å². The Kier molecular flexibility index (Phi) is 4.09. The third-order valence-electron chi connectivity index (χ3n) is 2.63. The van der Waals surface area contributed by atoms with Crippen molar-refractivity contribution in [2.24, 2.45) is 0 Å². The molecule has 1 heterocycles. The van der Waals surface area contributed by atoms with Gasteiger partial charge in [-0.05, 0) is 12.1 Å². The molecule has 0 aliphatic carbocycles. The van der Waals surface area contributed by atoms with E-state index in [-0.39, 0.29) is 23.3 Å². The van der Waals surface area contributed by atoms with E-state index in [9.17, 15) is 14.7 Å². The minimum Gasteiger partial charge on any atom is -0.506 e. The normalized spacial score (nSPS) is 14.9. The van der Waals surface area contributed by atoms with Crippen molar-refractivity contribution in [3.05, 3.63) is 24.3 Å². The van der Waals surface area contributed by atoms with Crippen LogP contribution in [-0.2, 0) is 4.79 Å². The lowest BCUT2D eigenvalue weighted by Gasteiger charge is -2.14. The summed E-state index contributed by atoms with van der Waals surface area (Å²) in [6.07, 6.45) is 0.237. The summed E-state index contributed by atoms with van der Waals surface area (Å²) in [5.41, 5.74) is 0.393. The molecule has 2 rings (SSSR count). The van der Waals surface area contributed by atoms with Gasteiger partial charge in [-0.25, -0.2) is 0 Å². The van der Waals surface area contributed by atoms with Gasteiger partial charge >= 0.3 is 0 Å². The number of hydrogen-bond donors (Lipinski definition) is 2. The highest BCUT2D eigenvalue weighted by Crippen LogP contribution is 2.22. The summed E-state index contributed by atoms with van der Waals surface area (Å²) in [4.78, 5) is 24.6. The van der Waals surface area contributed by atoms with E-state index in [4.69, 9.17) is 0 Å². The molecule has 0 saturated carbocycles. The summed E-state index contributed by atoms with van der Waals surface area (Å²) in [5, 5.41) is 12.1. The first-order valence-corrected chi connectivity index (χ1v) is 6.65. The van der Waals surface area contributed by atoms with Gasteiger partial charge in [-0.2, -0.15) is 0 Å². The zero-order valence-corrected chi connectivity index (χ0v) is 10.6. The topological polar surface area (TPSA) is 69.6 Å². The number of anilines is 1. The van der Waals surface area contributed by atoms with Crippen LogP contribution in [0.1, 0.15) is 6.42 Å². The monoisotopic (exact) mass is 266 g/mol. The van der Waals surface area contributed by atoms with Gasteiger partial charge in [-0.3, -0.25) is 9.59 Å². The first kappa shape index (κ1) is 12.8. The van der Waals surface area contributed by atoms with Gasteiger partial charge in [0.2, 0.25) is 5.91 Å². The molecule has 5 nitrogen and oxygen atoms in total. The number of thioether (sulfide) groups is 1. The molecule has 1 aromatic rings. The van der Waals surface area contributed by atoms with Crippen molar-refractivity contribution in [3.8, 4) is 5.75 Å². The van der Waals surface area contributed by atoms with Crippen LogP contribution in [0.25, 0.3) is 0 Å². The molecular formula is C12H14N2O3S. The second-order valence-corrected chi connectivity index (χ2v) is 4.96. The third-order valence-corrected chi connectivity index (χ3v) is 3.52. The molecule has 0 radical (unpaired) electrons. The van der Waals surface area contributed by atoms with Gasteiger partial charge in [0, 0.05) is 25.3 Å². The Balaban J connectivity index is 1.82. The Morgan fingerprint density at radius 3 is 2.89 bits per heavy atom. The quantitative estimate of drug-likeness (QED) is 0.816. The van der Waals surface area contributed by atoms with Crippen LogP contribution in [-0.4, -0.2) is 40.0 Å². The molecule has 1 aromatic carbocycles. The van der Waals surface area contributed by atoms with E-state index in [0.29, 0.717) is 18.8 Å². The Bertz CT molecular complexity index is 464. The lowest BCUT2D eigenvalue weighted by atomic mass is 10.3. The fraction of sp³-hybridized carbons (Fsp3) is 0.333. The van der Waals surface area contributed by atoms with E-state index in [2.05, 4.69) is 5.32 Å². The molecule has 1 saturated heterocycles. The highest BCUT2D eigenvalue weighted by Gasteiger charge is 2.21. The largest absolute Gasteiger partial charge is 0.506 e. The van der Waals surface area contributed by atoms with Gasteiger partial charge in [0.05, 0.1) is 5.69 Å². The van der Waals surface area contributed by atoms with Gasteiger partial charge < -0.3 is 15.3 Å². The molecule has 1 fully saturated rings. The Hall–Kier alpha value is -1.69. The highest BCUT2D eigenvalue weighted by molar-refractivity contribution is 8.13. The summed E-state index contributed by atoms with van der Waals surface area (Å²) in [7, 11) is 0. The van der Waals surface area contributed by atoms with Crippen LogP contribution in [0.4, 0.5) is 10.5 Å². The van der Waals surface area contributed by atoms with Crippen LogP contribution in [0.2, 0.25) is 0 Å². The van der Waals surface area contributed by atoms with E-state index in [0.717, 1.165) is 5.75 Å². The number of amides is 2. The zero-order valence-electron chi connectivity index (χ0n) is 9.76. The van der Waals surface area contributed by atoms with E-state index in [1.807, 2.05) is 0 Å². The molecule has 1 aliphatic rings. The van der Waals surface area contributed by atoms with E-state index < -0.39 is 0 Å². The molecule has 2 amide bonds. The van der Waals surface area contributed by atoms with Crippen molar-refractivity contribution < 1.29 is 14.7 Å². The van der Waals surface area contributed by atoms with E-state index >= 15 is 0 Å². The maximum Gasteiger partial charge on any atom is 0.281 e. The highest BCUT2D eigenvalue weighted by atomic mass is 32.2. The van der Waals surface area contributed by atoms with Crippen molar-refractivity contribution >= 4 is 28.6 Å². The van der Waals surface area contributed by atoms with Crippen molar-refractivity contribution in [2.45, 2.75) is 6.42 Å². The fourth-order valence-corrected chi connectivity index (χ4v) is 2.51. The van der Waals surface area contributed by atoms with Crippen molar-refractivity contribution in [2.75, 3.05) is 24.2 Å². The molecule has 1 aliphatic heterocycles. The fourth-order valence-electron chi connectivity index (χ4n) is 1.66. The lowest BCUT2D eigenvalue weighted by Crippen LogP contribution is -2.27. The number of rotatable bonds is 4. The van der Waals surface area contributed by atoms with E-state index in [1.165, 1.54) is 17.8 Å². The van der Waals surface area contributed by atoms with Crippen LogP contribution < -0.4 is 5.32 Å². The summed E-state index contributed by atoms with van der Waals surface area (Å²) < 4.78 is 0. The smallest absolute Gasteiger partial charge is 0.281 e. The van der Waals surface area contributed by atoms with Crippen molar-refractivity contribution in [3.63, 3.8) is 0 Å². The van der Waals surface area contributed by atoms with Crippen molar-refractivity contribution in [1.29, 1.82) is 0 Å². The molecular weight excluding hydrogens is 252 g/mol. The minimum atomic E-state index is -0.207. The predicted octanol–water partition coefficient (Wildman–Crippen LogP) is 1.89. The third kappa shape index (κ3) is 3.16. The second kappa shape index (κ2) is 5.77. The summed E-state index contributed by atoms with van der Waals surface area (Å²) in [6.45, 7) is 1.12. The second-order valence-electron chi connectivity index (χ2n) is 3.92. The molecule has 6 heteroatoms. The van der Waals surface area contributed by atoms with Crippen LogP contribution in [0.15, 0.2) is 24.3 Å². The Labute approximate surface area is 109 Å². The van der Waals surface area contributed by atoms with Gasteiger partial charge in [-0.15, -0.1) is 0 Å². The maximum atomic E-state index is 11.7. The molecule has 0 atom stereocenters. The number of nitrogens with one attached hydrogen (secondary N) is 1. The predicted molar refractivity (Wildman–Crippen MR) is 70.8 cm³/mol. The minimum absolute atomic E-state index is 0.0327. The molecule has 18 heavy (non-hydrogen) atoms. The average Bonchev–Trinajstić information content (AvgIpc) is 2.75. The van der Waals surface area contributed by atoms with Crippen LogP contribution in [0, 0.1) is 0 Å². The molecule has 0 spiro atoms. The van der Waals surface area contributed by atoms with Crippen LogP contribution >= 0.6 is 11.8 Å². The number of carbonyl (C=O) groups is 2. The number of hydrogen-bond acceptors (Lipinski definition) is 4. The van der Waals surface area contributed by atoms with Crippen molar-refractivity contribution in [1.82, 2.24) is 4.90 Å². The van der Waals surface area contributed by atoms with Gasteiger partial charge in [-0.1, -0.05) is 23.9 Å². The molecule has 2 N–H and O–H groups in total. The molecule has 96 valence electrons. The summed E-state index contributed by atoms with van der Waals surface area (Å²) >= 11 is 1.28. The zero-order chi connectivity index (χ0) is 13.0. The summed E-state index contributed by atoms with van der Waals surface area (Å²) in [6, 6.07) is 6.56. The Morgan fingerprint density at radius 1 is 1.44 bits per heavy atom. The first-order chi connectivity index (χ1) is 8.66. The SMILES string of the molecule is O=C(CCN1CCSC1=O)Nc1ccccc1O. The number of phenolic OH excluding ortho intramolecular Hbond substituents is 1. The molecule has 0 unspecified atom stereocenters. The number of benzene rings is 1. The number of aromatic hydroxyl groups is 1. The standard InChI is InChI=1S/C12H14N2O3S/c15-10-4-2-1-3-9(10)13-11(16)5-6-14-7-8-18-12(14)17/h1-4,15H,5-8H2,(H,13,16). The first-order valence-electron chi connectivity index (χ1n) is 5.66. The number of nitrogens with zero attached hydrogens (tertiary/aromatic N) is 1.